The van der Waals surface area contributed by atoms with Gasteiger partial charge in [-0.05, 0) is 25.0 Å². The smallest absolute Gasteiger partial charge is 0.285 e. The molecule has 1 aliphatic rings. The number of likely N-dealkylation sites (N-methyl/N-ethyl adjacent to an activating group) is 1. The minimum absolute atomic E-state index is 0.179. The lowest BCUT2D eigenvalue weighted by atomic mass is 10.0. The summed E-state index contributed by atoms with van der Waals surface area (Å²) in [6, 6.07) is 18.2. The van der Waals surface area contributed by atoms with Crippen molar-refractivity contribution < 1.29 is 9.69 Å². The molecular weight excluding hydrogens is 342 g/mol. The Bertz CT molecular complexity index is 853. The highest BCUT2D eigenvalue weighted by atomic mass is 32.1. The van der Waals surface area contributed by atoms with Crippen LogP contribution in [0.3, 0.4) is 0 Å². The number of hydrogen-bond acceptors (Lipinski definition) is 3. The molecule has 2 aromatic carbocycles. The van der Waals surface area contributed by atoms with Gasteiger partial charge in [-0.15, -0.1) is 11.3 Å². The molecule has 0 bridgehead atoms. The van der Waals surface area contributed by atoms with Crippen molar-refractivity contribution in [3.8, 4) is 0 Å². The highest BCUT2D eigenvalue weighted by molar-refractivity contribution is 7.18. The number of quaternary nitrogens is 1. The zero-order valence-corrected chi connectivity index (χ0v) is 15.8. The van der Waals surface area contributed by atoms with E-state index in [0.717, 1.165) is 48.6 Å². The summed E-state index contributed by atoms with van der Waals surface area (Å²) in [5.41, 5.74) is 2.13. The van der Waals surface area contributed by atoms with E-state index in [1.807, 2.05) is 35.2 Å². The van der Waals surface area contributed by atoms with E-state index in [4.69, 9.17) is 4.98 Å². The van der Waals surface area contributed by atoms with Gasteiger partial charge < -0.3 is 9.80 Å². The van der Waals surface area contributed by atoms with Crippen molar-refractivity contribution in [1.29, 1.82) is 0 Å². The largest absolute Gasteiger partial charge is 0.337 e. The van der Waals surface area contributed by atoms with Gasteiger partial charge in [-0.3, -0.25) is 4.79 Å². The zero-order valence-electron chi connectivity index (χ0n) is 15.0. The average molecular weight is 367 g/mol. The first-order chi connectivity index (χ1) is 12.7. The van der Waals surface area contributed by atoms with E-state index in [0.29, 0.717) is 0 Å². The number of para-hydroxylation sites is 1. The van der Waals surface area contributed by atoms with Crippen LogP contribution in [0, 0.1) is 0 Å². The molecule has 2 heterocycles. The summed E-state index contributed by atoms with van der Waals surface area (Å²) >= 11 is 1.73. The van der Waals surface area contributed by atoms with Gasteiger partial charge in [0.15, 0.2) is 6.04 Å². The van der Waals surface area contributed by atoms with Crippen LogP contribution in [0.25, 0.3) is 10.2 Å². The number of amides is 1. The van der Waals surface area contributed by atoms with E-state index in [2.05, 4.69) is 31.3 Å². The lowest BCUT2D eigenvalue weighted by Gasteiger charge is -2.27. The van der Waals surface area contributed by atoms with Crippen LogP contribution >= 0.6 is 11.3 Å². The molecule has 1 N–H and O–H groups in total. The summed E-state index contributed by atoms with van der Waals surface area (Å²) in [6.45, 7) is 2.52. The normalized spacial score (nSPS) is 16.7. The van der Waals surface area contributed by atoms with Gasteiger partial charge in [-0.25, -0.2) is 4.98 Å². The highest BCUT2D eigenvalue weighted by Crippen LogP contribution is 2.22. The summed E-state index contributed by atoms with van der Waals surface area (Å²) in [5, 5.41) is 1.08. The third-order valence-electron chi connectivity index (χ3n) is 5.06. The average Bonchev–Trinajstić information content (AvgIpc) is 3.32. The molecule has 1 unspecified atom stereocenters. The minimum atomic E-state index is -0.179. The van der Waals surface area contributed by atoms with Gasteiger partial charge in [0.05, 0.1) is 17.3 Å². The Morgan fingerprint density at radius 1 is 1.12 bits per heavy atom. The fourth-order valence-corrected chi connectivity index (χ4v) is 4.80. The number of rotatable bonds is 5. The Labute approximate surface area is 158 Å². The van der Waals surface area contributed by atoms with Crippen LogP contribution in [0.5, 0.6) is 0 Å². The Morgan fingerprint density at radius 2 is 1.81 bits per heavy atom. The highest BCUT2D eigenvalue weighted by Gasteiger charge is 2.34. The number of benzene rings is 2. The topological polar surface area (TPSA) is 37.6 Å². The molecule has 4 nitrogen and oxygen atoms in total. The minimum Gasteiger partial charge on any atom is -0.337 e. The van der Waals surface area contributed by atoms with E-state index >= 15 is 0 Å². The summed E-state index contributed by atoms with van der Waals surface area (Å²) in [7, 11) is 2.11. The zero-order chi connectivity index (χ0) is 17.9. The van der Waals surface area contributed by atoms with E-state index in [-0.39, 0.29) is 11.9 Å². The van der Waals surface area contributed by atoms with Gasteiger partial charge in [0.25, 0.3) is 5.91 Å². The third-order valence-corrected chi connectivity index (χ3v) is 6.10. The molecule has 134 valence electrons. The SMILES string of the molecule is C[NH+](Cc1nc2ccccc2s1)[C@H](C(=O)N1CCCC1)c1ccccc1. The van der Waals surface area contributed by atoms with Crippen molar-refractivity contribution in [2.45, 2.75) is 25.4 Å². The third kappa shape index (κ3) is 3.50. The Morgan fingerprint density at radius 3 is 2.54 bits per heavy atom. The first-order valence-electron chi connectivity index (χ1n) is 9.23. The van der Waals surface area contributed by atoms with Crippen molar-refractivity contribution in [3.05, 3.63) is 65.2 Å². The van der Waals surface area contributed by atoms with E-state index in [9.17, 15) is 4.79 Å². The van der Waals surface area contributed by atoms with Crippen LogP contribution in [-0.4, -0.2) is 35.9 Å². The molecular formula is C21H24N3OS+. The molecule has 0 aliphatic carbocycles. The fourth-order valence-electron chi connectivity index (χ4n) is 3.74. The Kier molecular flexibility index (Phi) is 5.00. The quantitative estimate of drug-likeness (QED) is 0.754. The number of carbonyl (C=O) groups excluding carboxylic acids is 1. The van der Waals surface area contributed by atoms with Crippen LogP contribution in [0.4, 0.5) is 0 Å². The Hall–Kier alpha value is -2.24. The van der Waals surface area contributed by atoms with Crippen LogP contribution in [-0.2, 0) is 11.3 Å². The molecule has 0 saturated carbocycles. The lowest BCUT2D eigenvalue weighted by Crippen LogP contribution is -3.09. The maximum atomic E-state index is 13.2. The molecule has 4 rings (SSSR count). The van der Waals surface area contributed by atoms with Crippen LogP contribution in [0.15, 0.2) is 54.6 Å². The van der Waals surface area contributed by atoms with Gasteiger partial charge in [-0.2, -0.15) is 0 Å². The maximum Gasteiger partial charge on any atom is 0.285 e. The maximum absolute atomic E-state index is 13.2. The van der Waals surface area contributed by atoms with Gasteiger partial charge >= 0.3 is 0 Å². The van der Waals surface area contributed by atoms with Crippen molar-refractivity contribution in [1.82, 2.24) is 9.88 Å². The number of fused-ring (bicyclic) bond motifs is 1. The number of aromatic nitrogens is 1. The lowest BCUT2D eigenvalue weighted by molar-refractivity contribution is -0.916. The predicted octanol–water partition coefficient (Wildman–Crippen LogP) is 2.67. The fraction of sp³-hybridized carbons (Fsp3) is 0.333. The second-order valence-corrected chi connectivity index (χ2v) is 8.09. The van der Waals surface area contributed by atoms with Crippen LogP contribution < -0.4 is 4.90 Å². The van der Waals surface area contributed by atoms with Crippen LogP contribution in [0.1, 0.15) is 29.5 Å². The summed E-state index contributed by atoms with van der Waals surface area (Å²) in [5.74, 6) is 0.243. The molecule has 1 aromatic heterocycles. The van der Waals surface area contributed by atoms with Crippen LogP contribution in [0.2, 0.25) is 0 Å². The first-order valence-corrected chi connectivity index (χ1v) is 10.0. The molecule has 3 aromatic rings. The number of carbonyl (C=O) groups is 1. The van der Waals surface area contributed by atoms with Gasteiger partial charge in [0.1, 0.15) is 11.6 Å². The van der Waals surface area contributed by atoms with Crippen molar-refractivity contribution in [3.63, 3.8) is 0 Å². The molecule has 2 atom stereocenters. The van der Waals surface area contributed by atoms with Gasteiger partial charge in [-0.1, -0.05) is 42.5 Å². The Balaban J connectivity index is 1.60. The monoisotopic (exact) mass is 366 g/mol. The molecule has 1 saturated heterocycles. The first kappa shape index (κ1) is 17.2. The molecule has 1 aliphatic heterocycles. The molecule has 26 heavy (non-hydrogen) atoms. The molecule has 1 amide bonds. The van der Waals surface area contributed by atoms with Gasteiger partial charge in [0, 0.05) is 18.7 Å². The van der Waals surface area contributed by atoms with Crippen molar-refractivity contribution >= 4 is 27.5 Å². The van der Waals surface area contributed by atoms with E-state index in [1.54, 1.807) is 11.3 Å². The van der Waals surface area contributed by atoms with E-state index in [1.165, 1.54) is 9.60 Å². The number of likely N-dealkylation sites (tertiary alicyclic amines) is 1. The van der Waals surface area contributed by atoms with E-state index < -0.39 is 0 Å². The molecule has 0 radical (unpaired) electrons. The number of hydrogen-bond donors (Lipinski definition) is 1. The second-order valence-electron chi connectivity index (χ2n) is 6.97. The summed E-state index contributed by atoms with van der Waals surface area (Å²) < 4.78 is 1.21. The molecule has 5 heteroatoms. The predicted molar refractivity (Wildman–Crippen MR) is 105 cm³/mol. The standard InChI is InChI=1S/C21H23N3OS/c1-23(15-19-22-17-11-5-6-12-18(17)26-19)20(16-9-3-2-4-10-16)21(25)24-13-7-8-14-24/h2-6,9-12,20H,7-8,13-15H2,1H3/p+1/t20-/m0/s1. The summed E-state index contributed by atoms with van der Waals surface area (Å²) in [4.78, 5) is 21.2. The number of nitrogens with one attached hydrogen (secondary N) is 1. The summed E-state index contributed by atoms with van der Waals surface area (Å²) in [6.07, 6.45) is 2.23. The van der Waals surface area contributed by atoms with Crippen molar-refractivity contribution in [2.24, 2.45) is 0 Å². The van der Waals surface area contributed by atoms with Gasteiger partial charge in [0.2, 0.25) is 0 Å². The molecule has 0 spiro atoms. The van der Waals surface area contributed by atoms with Crippen molar-refractivity contribution in [2.75, 3.05) is 20.1 Å². The molecule has 1 fully saturated rings. The second kappa shape index (κ2) is 7.56. The number of thiazole rings is 1. The number of nitrogens with zero attached hydrogens (tertiary/aromatic N) is 2.